The third kappa shape index (κ3) is 3.88. The van der Waals surface area contributed by atoms with E-state index in [4.69, 9.17) is 5.11 Å². The van der Waals surface area contributed by atoms with Gasteiger partial charge in [0.25, 0.3) is 0 Å². The second-order valence-corrected chi connectivity index (χ2v) is 3.99. The molecule has 0 heterocycles. The number of hydrogen-bond donors (Lipinski definition) is 1. The molecule has 0 atom stereocenters. The molecule has 90 valence electrons. The topological polar surface area (TPSA) is 20.2 Å². The first-order valence-electron chi connectivity index (χ1n) is 4.55. The fraction of sp³-hybridized carbons (Fsp3) is 1.00. The largest absolute Gasteiger partial charge is 1.00 e. The van der Waals surface area contributed by atoms with Crippen molar-refractivity contribution < 1.29 is 82.6 Å². The van der Waals surface area contributed by atoms with Crippen molar-refractivity contribution in [2.75, 3.05) is 0 Å². The van der Waals surface area contributed by atoms with Crippen LogP contribution in [0.25, 0.3) is 0 Å². The summed E-state index contributed by atoms with van der Waals surface area (Å²) in [5.41, 5.74) is -2.93. The predicted molar refractivity (Wildman–Crippen MR) is 42.3 cm³/mol. The van der Waals surface area contributed by atoms with Crippen LogP contribution in [-0.4, -0.2) is 23.9 Å². The number of hydrogen-bond acceptors (Lipinski definition) is 1. The van der Waals surface area contributed by atoms with Gasteiger partial charge in [-0.25, -0.2) is 0 Å². The molecule has 1 aliphatic rings. The van der Waals surface area contributed by atoms with Gasteiger partial charge in [-0.05, 0) is 12.8 Å². The first-order chi connectivity index (χ1) is 6.56. The van der Waals surface area contributed by atoms with E-state index in [1.165, 1.54) is 0 Å². The summed E-state index contributed by atoms with van der Waals surface area (Å²) < 4.78 is 73.2. The van der Waals surface area contributed by atoms with Crippen LogP contribution in [0.15, 0.2) is 0 Å². The standard InChI is InChI=1S/C7H10BF6O.K/c9-7(10,11)6(15)3-1-5(2-4-6)8(12,13)14;/h5,15H,1-4H2;/q-1;+1. The van der Waals surface area contributed by atoms with Crippen molar-refractivity contribution in [3.63, 3.8) is 0 Å². The Balaban J connectivity index is 0.00000225. The van der Waals surface area contributed by atoms with E-state index in [0.29, 0.717) is 0 Å². The summed E-state index contributed by atoms with van der Waals surface area (Å²) in [7, 11) is 0. The first-order valence-corrected chi connectivity index (χ1v) is 4.55. The smallest absolute Gasteiger partial charge is 0.449 e. The van der Waals surface area contributed by atoms with E-state index in [0.717, 1.165) is 0 Å². The van der Waals surface area contributed by atoms with Gasteiger partial charge in [-0.1, -0.05) is 18.7 Å². The van der Waals surface area contributed by atoms with Crippen LogP contribution in [0.2, 0.25) is 5.82 Å². The normalized spacial score (nSPS) is 32.1. The van der Waals surface area contributed by atoms with E-state index in [1.807, 2.05) is 0 Å². The molecule has 1 rings (SSSR count). The Morgan fingerprint density at radius 1 is 1.06 bits per heavy atom. The van der Waals surface area contributed by atoms with Crippen LogP contribution in [0.5, 0.6) is 0 Å². The van der Waals surface area contributed by atoms with Gasteiger partial charge in [0.1, 0.15) is 0 Å². The third-order valence-electron chi connectivity index (χ3n) is 2.92. The molecule has 9 heteroatoms. The van der Waals surface area contributed by atoms with Crippen LogP contribution in [-0.2, 0) is 0 Å². The maximum Gasteiger partial charge on any atom is 1.00 e. The summed E-state index contributed by atoms with van der Waals surface area (Å²) in [6.07, 6.45) is -7.83. The van der Waals surface area contributed by atoms with Crippen molar-refractivity contribution >= 4 is 6.98 Å². The maximum atomic E-state index is 12.2. The molecule has 1 nitrogen and oxygen atoms in total. The molecule has 0 bridgehead atoms. The summed E-state index contributed by atoms with van der Waals surface area (Å²) in [5, 5.41) is 9.11. The third-order valence-corrected chi connectivity index (χ3v) is 2.92. The van der Waals surface area contributed by atoms with Crippen molar-refractivity contribution in [3.8, 4) is 0 Å². The van der Waals surface area contributed by atoms with E-state index in [9.17, 15) is 26.1 Å². The molecule has 1 saturated carbocycles. The van der Waals surface area contributed by atoms with Gasteiger partial charge in [0.2, 0.25) is 0 Å². The first kappa shape index (κ1) is 17.2. The molecule has 1 fully saturated rings. The van der Waals surface area contributed by atoms with Gasteiger partial charge in [-0.15, -0.1) is 0 Å². The van der Waals surface area contributed by atoms with Crippen molar-refractivity contribution in [2.45, 2.75) is 43.3 Å². The van der Waals surface area contributed by atoms with Crippen LogP contribution in [0, 0.1) is 0 Å². The molecule has 0 saturated heterocycles. The maximum absolute atomic E-state index is 12.2. The van der Waals surface area contributed by atoms with E-state index in [-0.39, 0.29) is 51.4 Å². The molecule has 0 amide bonds. The van der Waals surface area contributed by atoms with Crippen LogP contribution in [0.1, 0.15) is 25.7 Å². The Hall–Kier alpha value is 1.24. The second-order valence-electron chi connectivity index (χ2n) is 3.99. The molecule has 0 aromatic heterocycles. The average Bonchev–Trinajstić information content (AvgIpc) is 2.01. The quantitative estimate of drug-likeness (QED) is 0.530. The Kier molecular flexibility index (Phi) is 5.90. The Morgan fingerprint density at radius 2 is 1.44 bits per heavy atom. The van der Waals surface area contributed by atoms with Gasteiger partial charge < -0.3 is 18.1 Å². The van der Waals surface area contributed by atoms with E-state index >= 15 is 0 Å². The minimum Gasteiger partial charge on any atom is -0.449 e. The zero-order valence-electron chi connectivity index (χ0n) is 8.70. The Morgan fingerprint density at radius 3 is 1.69 bits per heavy atom. The molecular weight excluding hydrogens is 264 g/mol. The molecule has 0 unspecified atom stereocenters. The molecule has 16 heavy (non-hydrogen) atoms. The minimum absolute atomic E-state index is 0. The average molecular weight is 274 g/mol. The second kappa shape index (κ2) is 5.48. The van der Waals surface area contributed by atoms with Gasteiger partial charge in [0, 0.05) is 0 Å². The molecular formula is C7H10BF6KO. The van der Waals surface area contributed by atoms with Crippen LogP contribution >= 0.6 is 0 Å². The molecule has 0 aromatic carbocycles. The Bertz CT molecular complexity index is 232. The van der Waals surface area contributed by atoms with Crippen molar-refractivity contribution in [1.29, 1.82) is 0 Å². The molecule has 0 aromatic rings. The van der Waals surface area contributed by atoms with E-state index in [1.54, 1.807) is 0 Å². The number of alkyl halides is 3. The Labute approximate surface area is 131 Å². The van der Waals surface area contributed by atoms with Gasteiger partial charge in [-0.3, -0.25) is 0 Å². The van der Waals surface area contributed by atoms with Crippen molar-refractivity contribution in [3.05, 3.63) is 0 Å². The molecule has 1 N–H and O–H groups in total. The van der Waals surface area contributed by atoms with E-state index < -0.39 is 50.3 Å². The van der Waals surface area contributed by atoms with Crippen LogP contribution < -0.4 is 51.4 Å². The predicted octanol–water partition coefficient (Wildman–Crippen LogP) is 0.0754. The van der Waals surface area contributed by atoms with Crippen LogP contribution in [0.4, 0.5) is 26.1 Å². The van der Waals surface area contributed by atoms with Gasteiger partial charge >= 0.3 is 64.5 Å². The number of rotatable bonds is 1. The molecule has 0 aliphatic heterocycles. The molecule has 0 radical (unpaired) electrons. The summed E-state index contributed by atoms with van der Waals surface area (Å²) in [5.74, 6) is -1.66. The number of aliphatic hydroxyl groups is 1. The van der Waals surface area contributed by atoms with Crippen LogP contribution in [0.3, 0.4) is 0 Å². The monoisotopic (exact) mass is 274 g/mol. The fourth-order valence-electron chi connectivity index (χ4n) is 1.78. The van der Waals surface area contributed by atoms with Gasteiger partial charge in [0.15, 0.2) is 5.60 Å². The summed E-state index contributed by atoms with van der Waals surface area (Å²) >= 11 is 0. The minimum atomic E-state index is -5.09. The van der Waals surface area contributed by atoms with Gasteiger partial charge in [0.05, 0.1) is 0 Å². The van der Waals surface area contributed by atoms with Gasteiger partial charge in [-0.2, -0.15) is 13.2 Å². The molecule has 1 aliphatic carbocycles. The summed E-state index contributed by atoms with van der Waals surface area (Å²) in [6, 6.07) is 0. The fourth-order valence-corrected chi connectivity index (χ4v) is 1.78. The van der Waals surface area contributed by atoms with Crippen molar-refractivity contribution in [2.24, 2.45) is 0 Å². The zero-order valence-corrected chi connectivity index (χ0v) is 11.8. The summed E-state index contributed by atoms with van der Waals surface area (Å²) in [4.78, 5) is 0. The SMILES string of the molecule is OC1(C(F)(F)F)CCC([B-](F)(F)F)CC1.[K+]. The van der Waals surface area contributed by atoms with Crippen molar-refractivity contribution in [1.82, 2.24) is 0 Å². The molecule has 0 spiro atoms. The van der Waals surface area contributed by atoms with E-state index in [2.05, 4.69) is 0 Å². The number of halogens is 6. The zero-order chi connectivity index (χ0) is 11.9. The summed E-state index contributed by atoms with van der Waals surface area (Å²) in [6.45, 7) is -5.09.